The Balaban J connectivity index is 2.07. The first-order valence-electron chi connectivity index (χ1n) is 10.4. The van der Waals surface area contributed by atoms with Crippen LogP contribution >= 0.6 is 0 Å². The topological polar surface area (TPSA) is 80.7 Å². The van der Waals surface area contributed by atoms with Crippen molar-refractivity contribution < 1.29 is 41.3 Å². The van der Waals surface area contributed by atoms with Gasteiger partial charge in [-0.25, -0.2) is 4.39 Å². The van der Waals surface area contributed by atoms with Crippen LogP contribution in [0.15, 0.2) is 30.5 Å². The van der Waals surface area contributed by atoms with Gasteiger partial charge in [0.2, 0.25) is 5.82 Å². The van der Waals surface area contributed by atoms with Gasteiger partial charge in [0.25, 0.3) is 5.91 Å². The minimum Gasteiger partial charge on any atom is -0.493 e. The van der Waals surface area contributed by atoms with E-state index < -0.39 is 58.6 Å². The molecule has 3 rings (SSSR count). The number of hydrogen-bond acceptors (Lipinski definition) is 5. The van der Waals surface area contributed by atoms with Gasteiger partial charge in [-0.2, -0.15) is 17.6 Å². The number of carbonyl (C=O) groups is 1. The molecule has 1 aliphatic rings. The SMILES string of the molecule is COc1c([C@H]2[C@H](C(=O)Nc3ccnc(C(C)(C)O)c3)O[C@@](C)(C(F)(F)F)[C@H]2C)ccc(F)c1F. The Hall–Kier alpha value is -2.79. The van der Waals surface area contributed by atoms with E-state index in [1.807, 2.05) is 0 Å². The minimum absolute atomic E-state index is 0.131. The number of benzene rings is 1. The quantitative estimate of drug-likeness (QED) is 0.598. The summed E-state index contributed by atoms with van der Waals surface area (Å²) in [6.45, 7) is 4.99. The molecule has 0 saturated carbocycles. The van der Waals surface area contributed by atoms with E-state index in [1.165, 1.54) is 39.1 Å². The van der Waals surface area contributed by atoms with Crippen LogP contribution in [0.1, 0.15) is 44.9 Å². The fourth-order valence-corrected chi connectivity index (χ4v) is 4.10. The average molecular weight is 488 g/mol. The molecule has 0 unspecified atom stereocenters. The first-order chi connectivity index (χ1) is 15.6. The van der Waals surface area contributed by atoms with Crippen LogP contribution < -0.4 is 10.1 Å². The highest BCUT2D eigenvalue weighted by molar-refractivity contribution is 5.95. The number of amides is 1. The largest absolute Gasteiger partial charge is 0.493 e. The van der Waals surface area contributed by atoms with Crippen molar-refractivity contribution in [1.82, 2.24) is 4.98 Å². The zero-order valence-electron chi connectivity index (χ0n) is 19.1. The van der Waals surface area contributed by atoms with Gasteiger partial charge in [0.15, 0.2) is 17.2 Å². The van der Waals surface area contributed by atoms with Crippen molar-refractivity contribution in [1.29, 1.82) is 0 Å². The van der Waals surface area contributed by atoms with Crippen molar-refractivity contribution in [3.8, 4) is 5.75 Å². The van der Waals surface area contributed by atoms with E-state index in [9.17, 15) is 31.9 Å². The number of aliphatic hydroxyl groups is 1. The number of methoxy groups -OCH3 is 1. The Morgan fingerprint density at radius 1 is 1.24 bits per heavy atom. The predicted molar refractivity (Wildman–Crippen MR) is 112 cm³/mol. The average Bonchev–Trinajstić information content (AvgIpc) is 3.01. The standard InChI is InChI=1S/C23H25F5N2O4/c1-11-16(13-6-7-14(24)17(25)18(13)33-5)19(34-22(11,4)23(26,27)28)20(31)30-12-8-9-29-15(10-12)21(2,3)32/h6-11,16,19,32H,1-5H3,(H,29,30,31)/t11-,16-,19+,22+/m0/s1. The molecule has 0 radical (unpaired) electrons. The summed E-state index contributed by atoms with van der Waals surface area (Å²) < 4.78 is 80.5. The molecule has 2 heterocycles. The van der Waals surface area contributed by atoms with Crippen LogP contribution in [0.2, 0.25) is 0 Å². The molecular formula is C23H25F5N2O4. The molecule has 0 bridgehead atoms. The first kappa shape index (κ1) is 25.8. The number of rotatable bonds is 5. The molecule has 1 aromatic carbocycles. The fraction of sp³-hybridized carbons (Fsp3) is 0.478. The summed E-state index contributed by atoms with van der Waals surface area (Å²) in [5, 5.41) is 12.6. The van der Waals surface area contributed by atoms with Crippen LogP contribution in [0.25, 0.3) is 0 Å². The van der Waals surface area contributed by atoms with Gasteiger partial charge < -0.3 is 19.9 Å². The van der Waals surface area contributed by atoms with Crippen molar-refractivity contribution >= 4 is 11.6 Å². The Labute approximate surface area is 193 Å². The summed E-state index contributed by atoms with van der Waals surface area (Å²) in [7, 11) is 1.05. The van der Waals surface area contributed by atoms with Crippen LogP contribution in [-0.4, -0.2) is 41.0 Å². The van der Waals surface area contributed by atoms with Crippen LogP contribution in [0.5, 0.6) is 5.75 Å². The molecule has 4 atom stereocenters. The number of halogens is 5. The number of carbonyl (C=O) groups excluding carboxylic acids is 1. The van der Waals surface area contributed by atoms with Crippen molar-refractivity contribution in [3.05, 3.63) is 53.4 Å². The highest BCUT2D eigenvalue weighted by atomic mass is 19.4. The molecule has 1 amide bonds. The molecule has 1 fully saturated rings. The molecular weight excluding hydrogens is 463 g/mol. The molecule has 6 nitrogen and oxygen atoms in total. The molecule has 2 N–H and O–H groups in total. The molecule has 2 aromatic rings. The van der Waals surface area contributed by atoms with E-state index in [-0.39, 0.29) is 16.9 Å². The highest BCUT2D eigenvalue weighted by Gasteiger charge is 2.65. The van der Waals surface area contributed by atoms with E-state index >= 15 is 0 Å². The van der Waals surface area contributed by atoms with Crippen LogP contribution in [0.3, 0.4) is 0 Å². The minimum atomic E-state index is -4.86. The lowest BCUT2D eigenvalue weighted by molar-refractivity contribution is -0.272. The Morgan fingerprint density at radius 3 is 2.44 bits per heavy atom. The van der Waals surface area contributed by atoms with E-state index in [2.05, 4.69) is 10.3 Å². The van der Waals surface area contributed by atoms with Gasteiger partial charge in [-0.15, -0.1) is 0 Å². The van der Waals surface area contributed by atoms with Crippen LogP contribution in [0.4, 0.5) is 27.6 Å². The number of nitrogens with zero attached hydrogens (tertiary/aromatic N) is 1. The van der Waals surface area contributed by atoms with Crippen molar-refractivity contribution in [2.24, 2.45) is 5.92 Å². The third-order valence-electron chi connectivity index (χ3n) is 6.22. The lowest BCUT2D eigenvalue weighted by Crippen LogP contribution is -2.47. The van der Waals surface area contributed by atoms with E-state index in [0.29, 0.717) is 0 Å². The number of aromatic nitrogens is 1. The predicted octanol–water partition coefficient (Wildman–Crippen LogP) is 4.67. The Morgan fingerprint density at radius 2 is 1.88 bits per heavy atom. The normalized spacial score (nSPS) is 25.3. The summed E-state index contributed by atoms with van der Waals surface area (Å²) in [4.78, 5) is 17.2. The van der Waals surface area contributed by atoms with Crippen molar-refractivity contribution in [3.63, 3.8) is 0 Å². The summed E-state index contributed by atoms with van der Waals surface area (Å²) in [6.07, 6.45) is -5.27. The summed E-state index contributed by atoms with van der Waals surface area (Å²) in [5.41, 5.74) is -3.86. The van der Waals surface area contributed by atoms with E-state index in [1.54, 1.807) is 0 Å². The van der Waals surface area contributed by atoms with E-state index in [0.717, 1.165) is 26.2 Å². The summed E-state index contributed by atoms with van der Waals surface area (Å²) >= 11 is 0. The molecule has 1 aromatic heterocycles. The van der Waals surface area contributed by atoms with Gasteiger partial charge in [0.1, 0.15) is 11.7 Å². The number of ether oxygens (including phenoxy) is 2. The molecule has 0 aliphatic carbocycles. The third kappa shape index (κ3) is 4.46. The molecule has 1 saturated heterocycles. The zero-order valence-corrected chi connectivity index (χ0v) is 19.1. The van der Waals surface area contributed by atoms with Crippen molar-refractivity contribution in [2.45, 2.75) is 57.1 Å². The molecule has 1 aliphatic heterocycles. The van der Waals surface area contributed by atoms with Gasteiger partial charge in [-0.05, 0) is 39.0 Å². The third-order valence-corrected chi connectivity index (χ3v) is 6.22. The fourth-order valence-electron chi connectivity index (χ4n) is 4.10. The van der Waals surface area contributed by atoms with Crippen molar-refractivity contribution in [2.75, 3.05) is 12.4 Å². The zero-order chi connectivity index (χ0) is 25.6. The number of anilines is 1. The maximum atomic E-state index is 14.4. The van der Waals surface area contributed by atoms with Gasteiger partial charge in [0.05, 0.1) is 12.8 Å². The number of hydrogen-bond donors (Lipinski definition) is 2. The maximum Gasteiger partial charge on any atom is 0.417 e. The monoisotopic (exact) mass is 488 g/mol. The van der Waals surface area contributed by atoms with Gasteiger partial charge in [0, 0.05) is 29.3 Å². The number of pyridine rings is 1. The molecule has 11 heteroatoms. The summed E-state index contributed by atoms with van der Waals surface area (Å²) in [6, 6.07) is 4.60. The highest BCUT2D eigenvalue weighted by Crippen LogP contribution is 2.55. The van der Waals surface area contributed by atoms with Gasteiger partial charge in [-0.3, -0.25) is 9.78 Å². The maximum absolute atomic E-state index is 14.4. The lowest BCUT2D eigenvalue weighted by Gasteiger charge is -2.32. The summed E-state index contributed by atoms with van der Waals surface area (Å²) in [5.74, 6) is -6.86. The van der Waals surface area contributed by atoms with E-state index in [4.69, 9.17) is 9.47 Å². The second kappa shape index (κ2) is 8.77. The number of alkyl halides is 3. The Bertz CT molecular complexity index is 1090. The second-order valence-electron chi connectivity index (χ2n) is 8.92. The number of nitrogens with one attached hydrogen (secondary N) is 1. The first-order valence-corrected chi connectivity index (χ1v) is 10.4. The molecule has 186 valence electrons. The second-order valence-corrected chi connectivity index (χ2v) is 8.92. The van der Waals surface area contributed by atoms with Crippen LogP contribution in [-0.2, 0) is 15.1 Å². The smallest absolute Gasteiger partial charge is 0.417 e. The van der Waals surface area contributed by atoms with Gasteiger partial charge >= 0.3 is 6.18 Å². The molecule has 34 heavy (non-hydrogen) atoms. The lowest BCUT2D eigenvalue weighted by atomic mass is 9.77. The van der Waals surface area contributed by atoms with Gasteiger partial charge in [-0.1, -0.05) is 13.0 Å². The molecule has 0 spiro atoms. The Kier molecular flexibility index (Phi) is 6.66. The van der Waals surface area contributed by atoms with Crippen LogP contribution in [0, 0.1) is 17.6 Å².